The summed E-state index contributed by atoms with van der Waals surface area (Å²) in [5, 5.41) is 4.21. The first kappa shape index (κ1) is 19.3. The van der Waals surface area contributed by atoms with Crippen molar-refractivity contribution in [2.75, 3.05) is 19.7 Å². The van der Waals surface area contributed by atoms with Gasteiger partial charge in [0, 0.05) is 30.3 Å². The summed E-state index contributed by atoms with van der Waals surface area (Å²) >= 11 is 0. The van der Waals surface area contributed by atoms with Gasteiger partial charge in [0.25, 0.3) is 0 Å². The minimum Gasteiger partial charge on any atom is -0.492 e. The Morgan fingerprint density at radius 1 is 1.20 bits per heavy atom. The number of aryl methyl sites for hydroxylation is 1. The molecule has 0 unspecified atom stereocenters. The van der Waals surface area contributed by atoms with Crippen LogP contribution >= 0.6 is 0 Å². The molecule has 2 aliphatic heterocycles. The van der Waals surface area contributed by atoms with Crippen LogP contribution < -0.4 is 4.74 Å². The molecule has 0 saturated carbocycles. The number of ether oxygens (including phenoxy) is 1. The number of benzene rings is 1. The molecule has 2 aliphatic rings. The van der Waals surface area contributed by atoms with E-state index >= 15 is 0 Å². The van der Waals surface area contributed by atoms with Gasteiger partial charge >= 0.3 is 0 Å². The molecular formula is C22H24N4O3S. The van der Waals surface area contributed by atoms with E-state index < -0.39 is 10.0 Å². The average Bonchev–Trinajstić information content (AvgIpc) is 3.30. The maximum absolute atomic E-state index is 13.3. The molecule has 0 bridgehead atoms. The zero-order valence-electron chi connectivity index (χ0n) is 17.3. The lowest BCUT2D eigenvalue weighted by Gasteiger charge is -2.27. The minimum atomic E-state index is -3.57. The van der Waals surface area contributed by atoms with Crippen molar-refractivity contribution in [2.24, 2.45) is 0 Å². The Balaban J connectivity index is 1.43. The lowest BCUT2D eigenvalue weighted by Crippen LogP contribution is -2.35. The maximum Gasteiger partial charge on any atom is 0.243 e. The highest BCUT2D eigenvalue weighted by Crippen LogP contribution is 2.40. The van der Waals surface area contributed by atoms with Crippen LogP contribution in [0.4, 0.5) is 0 Å². The van der Waals surface area contributed by atoms with Gasteiger partial charge in [-0.15, -0.1) is 0 Å². The third kappa shape index (κ3) is 3.02. The van der Waals surface area contributed by atoms with E-state index in [4.69, 9.17) is 4.74 Å². The van der Waals surface area contributed by atoms with Gasteiger partial charge in [-0.1, -0.05) is 19.9 Å². The van der Waals surface area contributed by atoms with Crippen molar-refractivity contribution in [3.8, 4) is 5.75 Å². The normalized spacial score (nSPS) is 18.8. The highest BCUT2D eigenvalue weighted by molar-refractivity contribution is 7.89. The number of fused-ring (bicyclic) bond motifs is 2. The summed E-state index contributed by atoms with van der Waals surface area (Å²) in [6.45, 7) is 7.54. The van der Waals surface area contributed by atoms with Gasteiger partial charge in [0.05, 0.1) is 11.5 Å². The number of aromatic nitrogens is 3. The molecule has 7 nitrogen and oxygen atoms in total. The van der Waals surface area contributed by atoms with Crippen LogP contribution in [-0.4, -0.2) is 47.0 Å². The van der Waals surface area contributed by atoms with Crippen molar-refractivity contribution in [1.82, 2.24) is 18.9 Å². The predicted octanol–water partition coefficient (Wildman–Crippen LogP) is 3.19. The standard InChI is InChI=1S/C22H24N4O3S/c1-15-10-21-23-14-24-26(21)12-18(15)16-6-8-25(9-7-16)30(27,28)17-4-5-20-19(11-17)22(2,3)13-29-20/h4-6,10-12,14H,7-9,13H2,1-3H3. The molecule has 5 rings (SSSR count). The first-order chi connectivity index (χ1) is 14.3. The number of nitrogens with zero attached hydrogens (tertiary/aromatic N) is 4. The lowest BCUT2D eigenvalue weighted by atomic mass is 9.87. The van der Waals surface area contributed by atoms with Crippen LogP contribution in [0.15, 0.2) is 47.8 Å². The monoisotopic (exact) mass is 424 g/mol. The van der Waals surface area contributed by atoms with Gasteiger partial charge in [-0.05, 0) is 54.3 Å². The van der Waals surface area contributed by atoms with E-state index in [1.165, 1.54) is 6.33 Å². The molecule has 1 aromatic carbocycles. The molecular weight excluding hydrogens is 400 g/mol. The van der Waals surface area contributed by atoms with E-state index in [0.717, 1.165) is 33.7 Å². The average molecular weight is 425 g/mol. The Morgan fingerprint density at radius 2 is 2.03 bits per heavy atom. The summed E-state index contributed by atoms with van der Waals surface area (Å²) < 4.78 is 35.6. The second-order valence-corrected chi connectivity index (χ2v) is 10.5. The van der Waals surface area contributed by atoms with Crippen molar-refractivity contribution >= 4 is 21.2 Å². The van der Waals surface area contributed by atoms with Crippen molar-refractivity contribution in [2.45, 2.75) is 37.5 Å². The summed E-state index contributed by atoms with van der Waals surface area (Å²) in [6, 6.07) is 7.21. The topological polar surface area (TPSA) is 76.8 Å². The molecule has 4 heterocycles. The van der Waals surface area contributed by atoms with Crippen molar-refractivity contribution in [3.05, 3.63) is 59.6 Å². The molecule has 30 heavy (non-hydrogen) atoms. The van der Waals surface area contributed by atoms with Gasteiger partial charge in [-0.3, -0.25) is 0 Å². The maximum atomic E-state index is 13.3. The molecule has 0 saturated heterocycles. The van der Waals surface area contributed by atoms with Crippen LogP contribution in [0, 0.1) is 6.92 Å². The zero-order chi connectivity index (χ0) is 21.1. The Kier molecular flexibility index (Phi) is 4.27. The number of sulfonamides is 1. The predicted molar refractivity (Wildman–Crippen MR) is 114 cm³/mol. The van der Waals surface area contributed by atoms with Crippen LogP contribution in [0.2, 0.25) is 0 Å². The van der Waals surface area contributed by atoms with E-state index in [2.05, 4.69) is 23.9 Å². The molecule has 156 valence electrons. The summed E-state index contributed by atoms with van der Waals surface area (Å²) in [7, 11) is -3.57. The van der Waals surface area contributed by atoms with Crippen LogP contribution in [0.5, 0.6) is 5.75 Å². The SMILES string of the molecule is Cc1cc2ncnn2cc1C1=CCN(S(=O)(=O)c2ccc3c(c2)C(C)(C)CO3)CC1. The third-order valence-corrected chi connectivity index (χ3v) is 7.91. The zero-order valence-corrected chi connectivity index (χ0v) is 18.1. The molecule has 0 fully saturated rings. The second-order valence-electron chi connectivity index (χ2n) is 8.61. The molecule has 0 N–H and O–H groups in total. The Hall–Kier alpha value is -2.71. The van der Waals surface area contributed by atoms with Gasteiger partial charge in [0.1, 0.15) is 12.1 Å². The largest absolute Gasteiger partial charge is 0.492 e. The van der Waals surface area contributed by atoms with E-state index in [-0.39, 0.29) is 5.41 Å². The highest BCUT2D eigenvalue weighted by Gasteiger charge is 2.34. The fraction of sp³-hybridized carbons (Fsp3) is 0.364. The first-order valence-electron chi connectivity index (χ1n) is 10.0. The molecule has 2 aromatic heterocycles. The Bertz CT molecular complexity index is 1290. The van der Waals surface area contributed by atoms with Gasteiger partial charge in [0.15, 0.2) is 5.65 Å². The highest BCUT2D eigenvalue weighted by atomic mass is 32.2. The Labute approximate surface area is 176 Å². The van der Waals surface area contributed by atoms with Crippen molar-refractivity contribution in [1.29, 1.82) is 0 Å². The van der Waals surface area contributed by atoms with Gasteiger partial charge < -0.3 is 4.74 Å². The number of hydrogen-bond donors (Lipinski definition) is 0. The van der Waals surface area contributed by atoms with Crippen molar-refractivity contribution < 1.29 is 13.2 Å². The molecule has 0 radical (unpaired) electrons. The molecule has 0 aliphatic carbocycles. The quantitative estimate of drug-likeness (QED) is 0.645. The molecule has 0 atom stereocenters. The smallest absolute Gasteiger partial charge is 0.243 e. The van der Waals surface area contributed by atoms with Crippen LogP contribution in [0.3, 0.4) is 0 Å². The molecule has 8 heteroatoms. The summed E-state index contributed by atoms with van der Waals surface area (Å²) in [5.41, 5.74) is 4.90. The van der Waals surface area contributed by atoms with Crippen LogP contribution in [0.25, 0.3) is 11.2 Å². The van der Waals surface area contributed by atoms with E-state index in [9.17, 15) is 8.42 Å². The van der Waals surface area contributed by atoms with E-state index in [0.29, 0.717) is 31.0 Å². The fourth-order valence-electron chi connectivity index (χ4n) is 4.22. The summed E-state index contributed by atoms with van der Waals surface area (Å²) in [6.07, 6.45) is 6.16. The molecule has 3 aromatic rings. The molecule has 0 spiro atoms. The minimum absolute atomic E-state index is 0.187. The van der Waals surface area contributed by atoms with Gasteiger partial charge in [0.2, 0.25) is 10.0 Å². The number of rotatable bonds is 3. The van der Waals surface area contributed by atoms with Crippen LogP contribution in [0.1, 0.15) is 37.0 Å². The first-order valence-corrected chi connectivity index (χ1v) is 11.5. The number of hydrogen-bond acceptors (Lipinski definition) is 5. The van der Waals surface area contributed by atoms with Crippen LogP contribution in [-0.2, 0) is 15.4 Å². The van der Waals surface area contributed by atoms with Gasteiger partial charge in [-0.25, -0.2) is 17.9 Å². The third-order valence-electron chi connectivity index (χ3n) is 6.05. The number of pyridine rings is 1. The Morgan fingerprint density at radius 3 is 2.80 bits per heavy atom. The van der Waals surface area contributed by atoms with Gasteiger partial charge in [-0.2, -0.15) is 9.40 Å². The summed E-state index contributed by atoms with van der Waals surface area (Å²) in [5.74, 6) is 0.777. The molecule has 0 amide bonds. The van der Waals surface area contributed by atoms with E-state index in [1.807, 2.05) is 25.3 Å². The second kappa shape index (κ2) is 6.65. The van der Waals surface area contributed by atoms with Crippen molar-refractivity contribution in [3.63, 3.8) is 0 Å². The van der Waals surface area contributed by atoms with E-state index in [1.54, 1.807) is 27.0 Å². The summed E-state index contributed by atoms with van der Waals surface area (Å²) in [4.78, 5) is 4.54. The fourth-order valence-corrected chi connectivity index (χ4v) is 5.62. The lowest BCUT2D eigenvalue weighted by molar-refractivity contribution is 0.291.